The van der Waals surface area contributed by atoms with Crippen molar-refractivity contribution in [2.75, 3.05) is 25.1 Å². The molecule has 1 aromatic rings. The highest BCUT2D eigenvalue weighted by Gasteiger charge is 2.17. The van der Waals surface area contributed by atoms with Gasteiger partial charge in [0.1, 0.15) is 5.82 Å². The Morgan fingerprint density at radius 2 is 2.30 bits per heavy atom. The van der Waals surface area contributed by atoms with Gasteiger partial charge < -0.3 is 15.4 Å². The Kier molecular flexibility index (Phi) is 5.38. The molecule has 4 heteroatoms. The van der Waals surface area contributed by atoms with Crippen molar-refractivity contribution in [3.05, 3.63) is 23.4 Å². The largest absolute Gasteiger partial charge is 0.376 e. The summed E-state index contributed by atoms with van der Waals surface area (Å²) in [7, 11) is 2.10. The van der Waals surface area contributed by atoms with Gasteiger partial charge in [-0.05, 0) is 50.7 Å². The quantitative estimate of drug-likeness (QED) is 0.897. The van der Waals surface area contributed by atoms with Gasteiger partial charge in [-0.2, -0.15) is 0 Å². The number of likely N-dealkylation sites (N-methyl/N-ethyl adjacent to an activating group) is 1. The van der Waals surface area contributed by atoms with Crippen molar-refractivity contribution in [2.24, 2.45) is 5.73 Å². The molecule has 1 fully saturated rings. The Morgan fingerprint density at radius 1 is 1.50 bits per heavy atom. The second-order valence-corrected chi connectivity index (χ2v) is 6.03. The standard InChI is InChI=1S/C16H27N3O/c1-12-8-14(9-13(2)17)10-18-16(12)19(3)11-15-6-4-5-7-20-15/h8,10,13,15H,4-7,9,11,17H2,1-3H3. The third kappa shape index (κ3) is 4.18. The number of hydrogen-bond acceptors (Lipinski definition) is 4. The molecule has 0 spiro atoms. The number of nitrogens with two attached hydrogens (primary N) is 1. The average molecular weight is 277 g/mol. The van der Waals surface area contributed by atoms with Crippen LogP contribution in [0.3, 0.4) is 0 Å². The third-order valence-corrected chi connectivity index (χ3v) is 3.78. The molecule has 112 valence electrons. The maximum Gasteiger partial charge on any atom is 0.131 e. The summed E-state index contributed by atoms with van der Waals surface area (Å²) in [6, 6.07) is 2.37. The van der Waals surface area contributed by atoms with E-state index in [1.54, 1.807) is 0 Å². The number of aryl methyl sites for hydroxylation is 1. The van der Waals surface area contributed by atoms with Crippen LogP contribution in [0.25, 0.3) is 0 Å². The highest BCUT2D eigenvalue weighted by molar-refractivity contribution is 5.46. The van der Waals surface area contributed by atoms with Gasteiger partial charge in [-0.25, -0.2) is 4.98 Å². The van der Waals surface area contributed by atoms with Crippen molar-refractivity contribution < 1.29 is 4.74 Å². The number of ether oxygens (including phenoxy) is 1. The van der Waals surface area contributed by atoms with E-state index < -0.39 is 0 Å². The van der Waals surface area contributed by atoms with Crippen LogP contribution in [-0.4, -0.2) is 37.3 Å². The van der Waals surface area contributed by atoms with Crippen LogP contribution in [0.1, 0.15) is 37.3 Å². The molecule has 0 amide bonds. The Morgan fingerprint density at radius 3 is 2.90 bits per heavy atom. The smallest absolute Gasteiger partial charge is 0.131 e. The highest BCUT2D eigenvalue weighted by atomic mass is 16.5. The molecular weight excluding hydrogens is 250 g/mol. The lowest BCUT2D eigenvalue weighted by Crippen LogP contribution is -2.34. The van der Waals surface area contributed by atoms with Crippen LogP contribution < -0.4 is 10.6 Å². The molecule has 1 aliphatic rings. The zero-order valence-corrected chi connectivity index (χ0v) is 12.9. The van der Waals surface area contributed by atoms with Crippen LogP contribution in [0.15, 0.2) is 12.3 Å². The first-order valence-electron chi connectivity index (χ1n) is 7.60. The number of pyridine rings is 1. The van der Waals surface area contributed by atoms with E-state index in [4.69, 9.17) is 10.5 Å². The Hall–Kier alpha value is -1.13. The van der Waals surface area contributed by atoms with Crippen molar-refractivity contribution >= 4 is 5.82 Å². The SMILES string of the molecule is Cc1cc(CC(C)N)cnc1N(C)CC1CCCCO1. The summed E-state index contributed by atoms with van der Waals surface area (Å²) in [5, 5.41) is 0. The van der Waals surface area contributed by atoms with E-state index in [1.807, 2.05) is 13.1 Å². The molecule has 0 bridgehead atoms. The minimum Gasteiger partial charge on any atom is -0.376 e. The Bertz CT molecular complexity index is 428. The molecule has 2 heterocycles. The van der Waals surface area contributed by atoms with Crippen LogP contribution in [0.4, 0.5) is 5.82 Å². The minimum absolute atomic E-state index is 0.176. The molecule has 0 aliphatic carbocycles. The van der Waals surface area contributed by atoms with Gasteiger partial charge in [-0.3, -0.25) is 0 Å². The van der Waals surface area contributed by atoms with Crippen molar-refractivity contribution in [3.63, 3.8) is 0 Å². The Balaban J connectivity index is 2.00. The molecule has 4 nitrogen and oxygen atoms in total. The summed E-state index contributed by atoms with van der Waals surface area (Å²) in [6.45, 7) is 5.96. The van der Waals surface area contributed by atoms with Gasteiger partial charge in [0.2, 0.25) is 0 Å². The maximum atomic E-state index is 5.84. The van der Waals surface area contributed by atoms with Gasteiger partial charge in [0.05, 0.1) is 6.10 Å². The predicted molar refractivity (Wildman–Crippen MR) is 83.2 cm³/mol. The van der Waals surface area contributed by atoms with Crippen molar-refractivity contribution in [1.29, 1.82) is 0 Å². The number of aromatic nitrogens is 1. The summed E-state index contributed by atoms with van der Waals surface area (Å²) in [5.41, 5.74) is 8.26. The molecule has 0 aromatic carbocycles. The van der Waals surface area contributed by atoms with Crippen molar-refractivity contribution in [2.45, 2.75) is 51.7 Å². The monoisotopic (exact) mass is 277 g/mol. The van der Waals surface area contributed by atoms with E-state index in [0.29, 0.717) is 6.10 Å². The summed E-state index contributed by atoms with van der Waals surface area (Å²) < 4.78 is 5.80. The van der Waals surface area contributed by atoms with Gasteiger partial charge in [0.15, 0.2) is 0 Å². The fourth-order valence-corrected chi connectivity index (χ4v) is 2.85. The highest BCUT2D eigenvalue weighted by Crippen LogP contribution is 2.20. The number of hydrogen-bond donors (Lipinski definition) is 1. The molecule has 0 radical (unpaired) electrons. The summed E-state index contributed by atoms with van der Waals surface area (Å²) in [6.07, 6.45) is 6.81. The Labute approximate surface area is 122 Å². The molecule has 2 rings (SSSR count). The first-order valence-corrected chi connectivity index (χ1v) is 7.60. The maximum absolute atomic E-state index is 5.84. The molecule has 0 saturated carbocycles. The average Bonchev–Trinajstić information content (AvgIpc) is 2.39. The molecule has 1 aromatic heterocycles. The number of anilines is 1. The first-order chi connectivity index (χ1) is 9.56. The second-order valence-electron chi connectivity index (χ2n) is 6.03. The molecular formula is C16H27N3O. The van der Waals surface area contributed by atoms with Gasteiger partial charge in [0, 0.05) is 32.4 Å². The van der Waals surface area contributed by atoms with E-state index in [-0.39, 0.29) is 6.04 Å². The van der Waals surface area contributed by atoms with E-state index in [1.165, 1.54) is 24.0 Å². The molecule has 2 atom stereocenters. The van der Waals surface area contributed by atoms with Gasteiger partial charge in [-0.1, -0.05) is 6.07 Å². The zero-order chi connectivity index (χ0) is 14.5. The molecule has 2 N–H and O–H groups in total. The summed E-state index contributed by atoms with van der Waals surface area (Å²) in [4.78, 5) is 6.82. The van der Waals surface area contributed by atoms with E-state index in [9.17, 15) is 0 Å². The minimum atomic E-state index is 0.176. The predicted octanol–water partition coefficient (Wildman–Crippen LogP) is 2.29. The van der Waals surface area contributed by atoms with Crippen LogP contribution >= 0.6 is 0 Å². The fraction of sp³-hybridized carbons (Fsp3) is 0.688. The number of nitrogens with zero attached hydrogens (tertiary/aromatic N) is 2. The van der Waals surface area contributed by atoms with Crippen LogP contribution in [0.5, 0.6) is 0 Å². The van der Waals surface area contributed by atoms with Crippen LogP contribution in [-0.2, 0) is 11.2 Å². The fourth-order valence-electron chi connectivity index (χ4n) is 2.85. The van der Waals surface area contributed by atoms with Crippen LogP contribution in [0.2, 0.25) is 0 Å². The lowest BCUT2D eigenvalue weighted by Gasteiger charge is -2.29. The van der Waals surface area contributed by atoms with Gasteiger partial charge >= 0.3 is 0 Å². The summed E-state index contributed by atoms with van der Waals surface area (Å²) in [5.74, 6) is 1.05. The van der Waals surface area contributed by atoms with E-state index >= 15 is 0 Å². The molecule has 1 aliphatic heterocycles. The summed E-state index contributed by atoms with van der Waals surface area (Å²) >= 11 is 0. The van der Waals surface area contributed by atoms with E-state index in [2.05, 4.69) is 29.9 Å². The van der Waals surface area contributed by atoms with Gasteiger partial charge in [-0.15, -0.1) is 0 Å². The van der Waals surface area contributed by atoms with Crippen molar-refractivity contribution in [3.8, 4) is 0 Å². The molecule has 2 unspecified atom stereocenters. The molecule has 20 heavy (non-hydrogen) atoms. The van der Waals surface area contributed by atoms with Gasteiger partial charge in [0.25, 0.3) is 0 Å². The normalized spacial score (nSPS) is 20.7. The zero-order valence-electron chi connectivity index (χ0n) is 12.9. The second kappa shape index (κ2) is 7.04. The third-order valence-electron chi connectivity index (χ3n) is 3.78. The lowest BCUT2D eigenvalue weighted by atomic mass is 10.1. The first kappa shape index (κ1) is 15.3. The number of rotatable bonds is 5. The molecule has 1 saturated heterocycles. The van der Waals surface area contributed by atoms with Crippen molar-refractivity contribution in [1.82, 2.24) is 4.98 Å². The van der Waals surface area contributed by atoms with E-state index in [0.717, 1.165) is 31.8 Å². The lowest BCUT2D eigenvalue weighted by molar-refractivity contribution is 0.0215. The van der Waals surface area contributed by atoms with Crippen LogP contribution in [0, 0.1) is 6.92 Å². The topological polar surface area (TPSA) is 51.4 Å².